The van der Waals surface area contributed by atoms with Crippen molar-refractivity contribution >= 4 is 11.1 Å². The van der Waals surface area contributed by atoms with Crippen LogP contribution in [0.25, 0.3) is 11.1 Å². The molecule has 0 spiro atoms. The first-order valence-corrected chi connectivity index (χ1v) is 16.9. The maximum absolute atomic E-state index is 2.56. The van der Waals surface area contributed by atoms with Gasteiger partial charge in [0.2, 0.25) is 0 Å². The number of hydrogen-bond donors (Lipinski definition) is 0. The molecule has 222 valence electrons. The summed E-state index contributed by atoms with van der Waals surface area (Å²) in [5, 5.41) is 0. The molecule has 0 bridgehead atoms. The van der Waals surface area contributed by atoms with Gasteiger partial charge in [0, 0.05) is 0 Å². The third kappa shape index (κ3) is 5.56. The Morgan fingerprint density at radius 3 is 1.24 bits per heavy atom. The van der Waals surface area contributed by atoms with Crippen molar-refractivity contribution in [1.29, 1.82) is 0 Å². The van der Waals surface area contributed by atoms with E-state index in [0.29, 0.717) is 23.7 Å². The Morgan fingerprint density at radius 2 is 0.905 bits per heavy atom. The average molecular weight is 559 g/mol. The summed E-state index contributed by atoms with van der Waals surface area (Å²) in [6.07, 6.45) is 20.1. The average Bonchev–Trinajstić information content (AvgIpc) is 3.45. The molecule has 0 radical (unpaired) electrons. The minimum Gasteiger partial charge on any atom is -0.0805 e. The smallest absolute Gasteiger partial charge is 0.00876 e. The van der Waals surface area contributed by atoms with Crippen molar-refractivity contribution in [3.05, 3.63) is 107 Å². The molecule has 0 aliphatic heterocycles. The van der Waals surface area contributed by atoms with Gasteiger partial charge in [-0.05, 0) is 117 Å². The molecule has 0 aromatic heterocycles. The van der Waals surface area contributed by atoms with Crippen LogP contribution in [0, 0.1) is 47.3 Å². The standard InChI is InChI=1S/C42H54/c1-27-25-39-35(29-15-19-31(20-16-29)41(3,4)5)11-9-13-37(39)33(27)23-24-34-28(2)26-40-36(12-10-14-38(34)40)30-17-21-32(22-18-30)42(6,7)8/h9-22,27-28,33-34,37-40H,23-26H2,1-8H3. The molecule has 2 fully saturated rings. The van der Waals surface area contributed by atoms with Gasteiger partial charge in [-0.2, -0.15) is 0 Å². The van der Waals surface area contributed by atoms with E-state index in [9.17, 15) is 0 Å². The van der Waals surface area contributed by atoms with E-state index in [1.54, 1.807) is 11.1 Å². The van der Waals surface area contributed by atoms with E-state index in [1.165, 1.54) is 47.9 Å². The van der Waals surface area contributed by atoms with E-state index in [1.807, 2.05) is 0 Å². The predicted octanol–water partition coefficient (Wildman–Crippen LogP) is 11.4. The summed E-state index contributed by atoms with van der Waals surface area (Å²) < 4.78 is 0. The van der Waals surface area contributed by atoms with E-state index in [4.69, 9.17) is 0 Å². The molecule has 2 saturated carbocycles. The number of benzene rings is 2. The van der Waals surface area contributed by atoms with Gasteiger partial charge in [0.15, 0.2) is 0 Å². The van der Waals surface area contributed by atoms with Crippen molar-refractivity contribution in [3.8, 4) is 0 Å². The number of allylic oxidation sites excluding steroid dienone is 8. The lowest BCUT2D eigenvalue weighted by Crippen LogP contribution is -2.22. The van der Waals surface area contributed by atoms with Crippen LogP contribution < -0.4 is 0 Å². The molecule has 4 aliphatic carbocycles. The Labute approximate surface area is 257 Å². The largest absolute Gasteiger partial charge is 0.0805 e. The van der Waals surface area contributed by atoms with Crippen LogP contribution in [0.2, 0.25) is 0 Å². The zero-order valence-electron chi connectivity index (χ0n) is 27.5. The molecule has 8 unspecified atom stereocenters. The summed E-state index contributed by atoms with van der Waals surface area (Å²) in [7, 11) is 0. The van der Waals surface area contributed by atoms with Crippen molar-refractivity contribution in [3.63, 3.8) is 0 Å². The van der Waals surface area contributed by atoms with Gasteiger partial charge in [-0.25, -0.2) is 0 Å². The van der Waals surface area contributed by atoms with Gasteiger partial charge in [0.1, 0.15) is 0 Å². The Hall–Kier alpha value is -2.60. The van der Waals surface area contributed by atoms with E-state index in [-0.39, 0.29) is 10.8 Å². The van der Waals surface area contributed by atoms with Crippen LogP contribution in [0.15, 0.2) is 85.0 Å². The van der Waals surface area contributed by atoms with Crippen LogP contribution in [0.4, 0.5) is 0 Å². The molecule has 0 heteroatoms. The second kappa shape index (κ2) is 11.2. The van der Waals surface area contributed by atoms with E-state index >= 15 is 0 Å². The Kier molecular flexibility index (Phi) is 7.83. The molecular weight excluding hydrogens is 504 g/mol. The van der Waals surface area contributed by atoms with Crippen LogP contribution in [0.3, 0.4) is 0 Å². The van der Waals surface area contributed by atoms with Gasteiger partial charge in [0.05, 0.1) is 0 Å². The predicted molar refractivity (Wildman–Crippen MR) is 182 cm³/mol. The molecule has 0 heterocycles. The first-order valence-electron chi connectivity index (χ1n) is 16.9. The highest BCUT2D eigenvalue weighted by molar-refractivity contribution is 5.72. The van der Waals surface area contributed by atoms with Crippen LogP contribution in [0.5, 0.6) is 0 Å². The molecule has 0 amide bonds. The third-order valence-electron chi connectivity index (χ3n) is 11.7. The van der Waals surface area contributed by atoms with Crippen molar-refractivity contribution in [2.75, 3.05) is 0 Å². The van der Waals surface area contributed by atoms with Gasteiger partial charge in [0.25, 0.3) is 0 Å². The maximum atomic E-state index is 2.56. The van der Waals surface area contributed by atoms with Crippen molar-refractivity contribution in [2.45, 2.75) is 91.9 Å². The SMILES string of the molecule is CC1CC2C(c3ccc(C(C)(C)C)cc3)=CC=CC2C1CCC1C(C)CC2C(c3ccc(C(C)(C)C)cc3)=CC=CC21. The molecule has 2 aromatic rings. The molecule has 8 atom stereocenters. The minimum atomic E-state index is 0.201. The van der Waals surface area contributed by atoms with Crippen LogP contribution in [0.1, 0.15) is 103 Å². The van der Waals surface area contributed by atoms with Gasteiger partial charge in [-0.15, -0.1) is 0 Å². The van der Waals surface area contributed by atoms with Crippen molar-refractivity contribution in [1.82, 2.24) is 0 Å². The summed E-state index contributed by atoms with van der Waals surface area (Å²) in [6.45, 7) is 18.9. The summed E-state index contributed by atoms with van der Waals surface area (Å²) in [5.41, 5.74) is 9.27. The van der Waals surface area contributed by atoms with Crippen molar-refractivity contribution < 1.29 is 0 Å². The Bertz CT molecular complexity index is 1270. The Morgan fingerprint density at radius 1 is 0.548 bits per heavy atom. The second-order valence-electron chi connectivity index (χ2n) is 16.4. The van der Waals surface area contributed by atoms with Crippen molar-refractivity contribution in [2.24, 2.45) is 47.3 Å². The number of rotatable bonds is 5. The molecule has 0 N–H and O–H groups in total. The topological polar surface area (TPSA) is 0 Å². The fourth-order valence-electron chi connectivity index (χ4n) is 9.15. The molecule has 2 aromatic carbocycles. The summed E-state index contributed by atoms with van der Waals surface area (Å²) in [4.78, 5) is 0. The molecule has 4 aliphatic rings. The normalized spacial score (nSPS) is 32.4. The lowest BCUT2D eigenvalue weighted by molar-refractivity contribution is 0.260. The number of hydrogen-bond acceptors (Lipinski definition) is 0. The summed E-state index contributed by atoms with van der Waals surface area (Å²) in [6, 6.07) is 19.0. The van der Waals surface area contributed by atoms with Gasteiger partial charge >= 0.3 is 0 Å². The van der Waals surface area contributed by atoms with Gasteiger partial charge in [-0.3, -0.25) is 0 Å². The highest BCUT2D eigenvalue weighted by Crippen LogP contribution is 2.55. The third-order valence-corrected chi connectivity index (χ3v) is 11.7. The highest BCUT2D eigenvalue weighted by atomic mass is 14.5. The molecular formula is C42H54. The van der Waals surface area contributed by atoms with Gasteiger partial charge < -0.3 is 0 Å². The number of fused-ring (bicyclic) bond motifs is 2. The molecule has 6 rings (SSSR count). The molecule has 42 heavy (non-hydrogen) atoms. The van der Waals surface area contributed by atoms with Crippen LogP contribution in [-0.2, 0) is 10.8 Å². The Balaban J connectivity index is 1.13. The lowest BCUT2D eigenvalue weighted by atomic mass is 9.73. The van der Waals surface area contributed by atoms with E-state index < -0.39 is 0 Å². The quantitative estimate of drug-likeness (QED) is 0.342. The van der Waals surface area contributed by atoms with E-state index in [2.05, 4.69) is 140 Å². The second-order valence-corrected chi connectivity index (χ2v) is 16.4. The molecule has 0 saturated heterocycles. The first kappa shape index (κ1) is 29.5. The highest BCUT2D eigenvalue weighted by Gasteiger charge is 2.45. The van der Waals surface area contributed by atoms with Crippen LogP contribution >= 0.6 is 0 Å². The summed E-state index contributed by atoms with van der Waals surface area (Å²) in [5.74, 6) is 5.87. The van der Waals surface area contributed by atoms with Crippen LogP contribution in [-0.4, -0.2) is 0 Å². The zero-order chi connectivity index (χ0) is 29.8. The first-order chi connectivity index (χ1) is 19.9. The fraction of sp³-hybridized carbons (Fsp3) is 0.524. The lowest BCUT2D eigenvalue weighted by Gasteiger charge is -2.31. The fourth-order valence-corrected chi connectivity index (χ4v) is 9.15. The minimum absolute atomic E-state index is 0.201. The van der Waals surface area contributed by atoms with Gasteiger partial charge in [-0.1, -0.05) is 140 Å². The monoisotopic (exact) mass is 558 g/mol. The zero-order valence-corrected chi connectivity index (χ0v) is 27.5. The maximum Gasteiger partial charge on any atom is -0.00876 e. The van der Waals surface area contributed by atoms with E-state index in [0.717, 1.165) is 23.7 Å². The molecule has 0 nitrogen and oxygen atoms in total. The summed E-state index contributed by atoms with van der Waals surface area (Å²) >= 11 is 0.